The van der Waals surface area contributed by atoms with Gasteiger partial charge < -0.3 is 5.73 Å². The SMILES string of the molecule is NCCC1C=C=CN=C1. The molecule has 0 aromatic rings. The first-order chi connectivity index (χ1) is 4.43. The third kappa shape index (κ3) is 1.84. The Morgan fingerprint density at radius 1 is 1.67 bits per heavy atom. The average molecular weight is 122 g/mol. The van der Waals surface area contributed by atoms with E-state index in [0.29, 0.717) is 5.92 Å². The van der Waals surface area contributed by atoms with Crippen LogP contribution in [0.5, 0.6) is 0 Å². The molecule has 0 aromatic heterocycles. The fourth-order valence-corrected chi connectivity index (χ4v) is 0.757. The van der Waals surface area contributed by atoms with Gasteiger partial charge in [-0.1, -0.05) is 0 Å². The Morgan fingerprint density at radius 2 is 2.56 bits per heavy atom. The number of nitrogens with zero attached hydrogens (tertiary/aromatic N) is 1. The summed E-state index contributed by atoms with van der Waals surface area (Å²) in [5, 5.41) is 0. The van der Waals surface area contributed by atoms with Gasteiger partial charge in [0.1, 0.15) is 0 Å². The minimum atomic E-state index is 0.417. The highest BCUT2D eigenvalue weighted by Gasteiger charge is 1.98. The molecule has 1 heterocycles. The van der Waals surface area contributed by atoms with Crippen molar-refractivity contribution >= 4 is 6.21 Å². The van der Waals surface area contributed by atoms with Crippen molar-refractivity contribution in [2.24, 2.45) is 16.6 Å². The molecule has 0 fully saturated rings. The zero-order chi connectivity index (χ0) is 6.53. The number of allylic oxidation sites excluding steroid dienone is 1. The standard InChI is InChI=1S/C7H10N2/c8-4-3-7-2-1-5-9-6-7/h2,5-7H,3-4,8H2. The summed E-state index contributed by atoms with van der Waals surface area (Å²) in [7, 11) is 0. The van der Waals surface area contributed by atoms with Crippen LogP contribution in [-0.2, 0) is 0 Å². The summed E-state index contributed by atoms with van der Waals surface area (Å²) in [6.07, 6.45) is 6.51. The van der Waals surface area contributed by atoms with E-state index in [9.17, 15) is 0 Å². The molecule has 0 saturated carbocycles. The maximum Gasteiger partial charge on any atom is 0.0679 e. The minimum Gasteiger partial charge on any atom is -0.330 e. The Balaban J connectivity index is 2.44. The van der Waals surface area contributed by atoms with Crippen molar-refractivity contribution in [2.75, 3.05) is 6.54 Å². The molecule has 1 rings (SSSR count). The molecule has 0 aromatic carbocycles. The van der Waals surface area contributed by atoms with Crippen molar-refractivity contribution in [1.29, 1.82) is 0 Å². The smallest absolute Gasteiger partial charge is 0.0679 e. The van der Waals surface area contributed by atoms with Crippen LogP contribution in [0.2, 0.25) is 0 Å². The average Bonchev–Trinajstić information content (AvgIpc) is 1.91. The molecule has 0 bridgehead atoms. The molecule has 9 heavy (non-hydrogen) atoms. The zero-order valence-electron chi connectivity index (χ0n) is 5.25. The predicted molar refractivity (Wildman–Crippen MR) is 38.3 cm³/mol. The number of nitrogens with two attached hydrogens (primary N) is 1. The van der Waals surface area contributed by atoms with Crippen LogP contribution in [0.1, 0.15) is 6.42 Å². The molecule has 0 saturated heterocycles. The van der Waals surface area contributed by atoms with Gasteiger partial charge in [-0.3, -0.25) is 4.99 Å². The van der Waals surface area contributed by atoms with Crippen molar-refractivity contribution in [3.05, 3.63) is 18.0 Å². The highest BCUT2D eigenvalue weighted by atomic mass is 14.7. The van der Waals surface area contributed by atoms with Crippen molar-refractivity contribution in [1.82, 2.24) is 0 Å². The third-order valence-electron chi connectivity index (χ3n) is 1.24. The molecule has 0 aliphatic carbocycles. The second-order valence-electron chi connectivity index (χ2n) is 2.00. The van der Waals surface area contributed by atoms with Gasteiger partial charge >= 0.3 is 0 Å². The predicted octanol–water partition coefficient (Wildman–Crippen LogP) is 0.705. The number of hydrogen-bond acceptors (Lipinski definition) is 2. The van der Waals surface area contributed by atoms with E-state index in [1.54, 1.807) is 6.20 Å². The van der Waals surface area contributed by atoms with Crippen LogP contribution in [0.15, 0.2) is 23.0 Å². The second kappa shape index (κ2) is 3.23. The normalized spacial score (nSPS) is 23.0. The van der Waals surface area contributed by atoms with Crippen molar-refractivity contribution < 1.29 is 0 Å². The van der Waals surface area contributed by atoms with Gasteiger partial charge in [0, 0.05) is 12.1 Å². The molecule has 0 radical (unpaired) electrons. The summed E-state index contributed by atoms with van der Waals surface area (Å²) in [5.41, 5.74) is 8.26. The number of hydrogen-bond donors (Lipinski definition) is 1. The first-order valence-corrected chi connectivity index (χ1v) is 3.08. The molecular weight excluding hydrogens is 112 g/mol. The lowest BCUT2D eigenvalue weighted by Gasteiger charge is -2.02. The molecule has 2 N–H and O–H groups in total. The van der Waals surface area contributed by atoms with Gasteiger partial charge in [-0.15, -0.1) is 5.73 Å². The highest BCUT2D eigenvalue weighted by molar-refractivity contribution is 5.64. The molecule has 1 atom stereocenters. The lowest BCUT2D eigenvalue weighted by Crippen LogP contribution is -2.07. The lowest BCUT2D eigenvalue weighted by atomic mass is 10.1. The quantitative estimate of drug-likeness (QED) is 0.538. The fraction of sp³-hybridized carbons (Fsp3) is 0.429. The van der Waals surface area contributed by atoms with E-state index in [4.69, 9.17) is 5.73 Å². The Bertz CT molecular complexity index is 164. The van der Waals surface area contributed by atoms with Gasteiger partial charge in [0.05, 0.1) is 6.20 Å². The monoisotopic (exact) mass is 122 g/mol. The van der Waals surface area contributed by atoms with Gasteiger partial charge in [-0.25, -0.2) is 0 Å². The maximum absolute atomic E-state index is 5.34. The van der Waals surface area contributed by atoms with Crippen LogP contribution in [-0.4, -0.2) is 12.8 Å². The topological polar surface area (TPSA) is 38.4 Å². The van der Waals surface area contributed by atoms with Gasteiger partial charge in [0.15, 0.2) is 0 Å². The van der Waals surface area contributed by atoms with Crippen LogP contribution in [0, 0.1) is 5.92 Å². The molecule has 1 aliphatic heterocycles. The van der Waals surface area contributed by atoms with E-state index in [0.717, 1.165) is 13.0 Å². The summed E-state index contributed by atoms with van der Waals surface area (Å²) in [6, 6.07) is 0. The van der Waals surface area contributed by atoms with E-state index < -0.39 is 0 Å². The summed E-state index contributed by atoms with van der Waals surface area (Å²) in [6.45, 7) is 0.717. The summed E-state index contributed by atoms with van der Waals surface area (Å²) >= 11 is 0. The van der Waals surface area contributed by atoms with Crippen molar-refractivity contribution in [3.8, 4) is 0 Å². The first-order valence-electron chi connectivity index (χ1n) is 3.08. The molecule has 0 spiro atoms. The van der Waals surface area contributed by atoms with Crippen LogP contribution in [0.3, 0.4) is 0 Å². The minimum absolute atomic E-state index is 0.417. The molecular formula is C7H10N2. The Hall–Kier alpha value is -0.850. The first kappa shape index (κ1) is 6.27. The van der Waals surface area contributed by atoms with Gasteiger partial charge in [0.25, 0.3) is 0 Å². The fourth-order valence-electron chi connectivity index (χ4n) is 0.757. The Morgan fingerprint density at radius 3 is 3.11 bits per heavy atom. The summed E-state index contributed by atoms with van der Waals surface area (Å²) < 4.78 is 0. The molecule has 2 nitrogen and oxygen atoms in total. The lowest BCUT2D eigenvalue weighted by molar-refractivity contribution is 0.762. The van der Waals surface area contributed by atoms with E-state index in [2.05, 4.69) is 10.7 Å². The van der Waals surface area contributed by atoms with Crippen molar-refractivity contribution in [2.45, 2.75) is 6.42 Å². The second-order valence-corrected chi connectivity index (χ2v) is 2.00. The summed E-state index contributed by atoms with van der Waals surface area (Å²) in [4.78, 5) is 3.93. The molecule has 1 aliphatic rings. The van der Waals surface area contributed by atoms with E-state index in [1.807, 2.05) is 12.3 Å². The summed E-state index contributed by atoms with van der Waals surface area (Å²) in [5.74, 6) is 0.417. The van der Waals surface area contributed by atoms with Gasteiger partial charge in [-0.05, 0) is 19.0 Å². The zero-order valence-corrected chi connectivity index (χ0v) is 5.25. The Kier molecular flexibility index (Phi) is 2.25. The molecule has 2 heteroatoms. The van der Waals surface area contributed by atoms with Gasteiger partial charge in [0.2, 0.25) is 0 Å². The molecule has 1 unspecified atom stereocenters. The van der Waals surface area contributed by atoms with Crippen LogP contribution >= 0.6 is 0 Å². The van der Waals surface area contributed by atoms with Crippen LogP contribution in [0.25, 0.3) is 0 Å². The van der Waals surface area contributed by atoms with Crippen LogP contribution in [0.4, 0.5) is 0 Å². The number of rotatable bonds is 2. The van der Waals surface area contributed by atoms with E-state index >= 15 is 0 Å². The maximum atomic E-state index is 5.34. The van der Waals surface area contributed by atoms with Crippen molar-refractivity contribution in [3.63, 3.8) is 0 Å². The Labute approximate surface area is 54.8 Å². The third-order valence-corrected chi connectivity index (χ3v) is 1.24. The molecule has 48 valence electrons. The van der Waals surface area contributed by atoms with E-state index in [-0.39, 0.29) is 0 Å². The van der Waals surface area contributed by atoms with E-state index in [1.165, 1.54) is 0 Å². The largest absolute Gasteiger partial charge is 0.330 e. The highest BCUT2D eigenvalue weighted by Crippen LogP contribution is 2.02. The van der Waals surface area contributed by atoms with Crippen LogP contribution < -0.4 is 5.73 Å². The number of aliphatic imine (C=N–C) groups is 1. The van der Waals surface area contributed by atoms with Gasteiger partial charge in [-0.2, -0.15) is 0 Å². The molecule has 0 amide bonds.